The second kappa shape index (κ2) is 6.42. The van der Waals surface area contributed by atoms with Gasteiger partial charge in [0.2, 0.25) is 5.91 Å². The average Bonchev–Trinajstić information content (AvgIpc) is 2.35. The Morgan fingerprint density at radius 2 is 2.18 bits per heavy atom. The number of nitrogens with zero attached hydrogens (tertiary/aromatic N) is 1. The number of allylic oxidation sites excluding steroid dienone is 2. The standard InChI is InChI=1S/C13H21NO3/c1-3-10(2)14(9-12(15)16)13(17)11-7-5-4-6-8-11/h4-5,10-11H,3,6-9H2,1-2H3,(H,15,16). The van der Waals surface area contributed by atoms with Crippen molar-refractivity contribution in [3.8, 4) is 0 Å². The Kier molecular flexibility index (Phi) is 5.19. The molecule has 0 aromatic rings. The van der Waals surface area contributed by atoms with Crippen LogP contribution in [0.3, 0.4) is 0 Å². The van der Waals surface area contributed by atoms with Crippen molar-refractivity contribution >= 4 is 11.9 Å². The molecule has 1 N–H and O–H groups in total. The second-order valence-corrected chi connectivity index (χ2v) is 4.60. The Bertz CT molecular complexity index is 312. The number of carbonyl (C=O) groups excluding carboxylic acids is 1. The first-order valence-electron chi connectivity index (χ1n) is 6.23. The Morgan fingerprint density at radius 1 is 1.47 bits per heavy atom. The van der Waals surface area contributed by atoms with Gasteiger partial charge in [-0.05, 0) is 32.6 Å². The van der Waals surface area contributed by atoms with Crippen molar-refractivity contribution in [1.29, 1.82) is 0 Å². The fraction of sp³-hybridized carbons (Fsp3) is 0.692. The summed E-state index contributed by atoms with van der Waals surface area (Å²) in [6.07, 6.45) is 7.36. The van der Waals surface area contributed by atoms with E-state index in [2.05, 4.69) is 6.08 Å². The highest BCUT2D eigenvalue weighted by molar-refractivity contribution is 5.83. The zero-order valence-corrected chi connectivity index (χ0v) is 10.6. The number of amides is 1. The van der Waals surface area contributed by atoms with Crippen molar-refractivity contribution in [1.82, 2.24) is 4.90 Å². The minimum atomic E-state index is -0.940. The van der Waals surface area contributed by atoms with Gasteiger partial charge < -0.3 is 10.0 Å². The van der Waals surface area contributed by atoms with Crippen molar-refractivity contribution < 1.29 is 14.7 Å². The lowest BCUT2D eigenvalue weighted by atomic mass is 9.92. The molecule has 96 valence electrons. The highest BCUT2D eigenvalue weighted by Gasteiger charge is 2.28. The van der Waals surface area contributed by atoms with E-state index in [1.54, 1.807) is 0 Å². The summed E-state index contributed by atoms with van der Waals surface area (Å²) in [6.45, 7) is 3.68. The third-order valence-corrected chi connectivity index (χ3v) is 3.33. The summed E-state index contributed by atoms with van der Waals surface area (Å²) in [5, 5.41) is 8.87. The molecule has 2 atom stereocenters. The third kappa shape index (κ3) is 3.88. The van der Waals surface area contributed by atoms with E-state index in [4.69, 9.17) is 5.11 Å². The molecule has 1 aliphatic rings. The largest absolute Gasteiger partial charge is 0.480 e. The van der Waals surface area contributed by atoms with Gasteiger partial charge in [0.1, 0.15) is 6.54 Å². The van der Waals surface area contributed by atoms with Gasteiger partial charge in [0.15, 0.2) is 0 Å². The molecule has 0 saturated heterocycles. The number of hydrogen-bond acceptors (Lipinski definition) is 2. The van der Waals surface area contributed by atoms with Gasteiger partial charge >= 0.3 is 5.97 Å². The van der Waals surface area contributed by atoms with Gasteiger partial charge in [-0.2, -0.15) is 0 Å². The summed E-state index contributed by atoms with van der Waals surface area (Å²) >= 11 is 0. The Hall–Kier alpha value is -1.32. The molecule has 0 heterocycles. The van der Waals surface area contributed by atoms with E-state index in [9.17, 15) is 9.59 Å². The summed E-state index contributed by atoms with van der Waals surface area (Å²) in [4.78, 5) is 24.6. The molecule has 1 rings (SSSR count). The summed E-state index contributed by atoms with van der Waals surface area (Å²) in [5.74, 6) is -0.982. The van der Waals surface area contributed by atoms with Crippen molar-refractivity contribution in [3.63, 3.8) is 0 Å². The number of carboxylic acids is 1. The van der Waals surface area contributed by atoms with Gasteiger partial charge in [0, 0.05) is 12.0 Å². The van der Waals surface area contributed by atoms with E-state index >= 15 is 0 Å². The predicted molar refractivity (Wildman–Crippen MR) is 65.6 cm³/mol. The van der Waals surface area contributed by atoms with Crippen LogP contribution in [0.1, 0.15) is 39.5 Å². The van der Waals surface area contributed by atoms with Crippen LogP contribution in [0.15, 0.2) is 12.2 Å². The lowest BCUT2D eigenvalue weighted by molar-refractivity contribution is -0.148. The fourth-order valence-electron chi connectivity index (χ4n) is 2.07. The normalized spacial score (nSPS) is 20.9. The van der Waals surface area contributed by atoms with Gasteiger partial charge in [-0.3, -0.25) is 9.59 Å². The summed E-state index contributed by atoms with van der Waals surface area (Å²) < 4.78 is 0. The molecular weight excluding hydrogens is 218 g/mol. The van der Waals surface area contributed by atoms with E-state index in [1.807, 2.05) is 19.9 Å². The minimum absolute atomic E-state index is 0.00824. The number of carbonyl (C=O) groups is 2. The van der Waals surface area contributed by atoms with Gasteiger partial charge in [0.05, 0.1) is 0 Å². The summed E-state index contributed by atoms with van der Waals surface area (Å²) in [7, 11) is 0. The van der Waals surface area contributed by atoms with Crippen LogP contribution >= 0.6 is 0 Å². The van der Waals surface area contributed by atoms with Gasteiger partial charge in [-0.15, -0.1) is 0 Å². The van der Waals surface area contributed by atoms with Gasteiger partial charge in [-0.25, -0.2) is 0 Å². The number of carboxylic acid groups (broad SMARTS) is 1. The second-order valence-electron chi connectivity index (χ2n) is 4.60. The first kappa shape index (κ1) is 13.7. The summed E-state index contributed by atoms with van der Waals surface area (Å²) in [5.41, 5.74) is 0. The first-order chi connectivity index (χ1) is 8.06. The van der Waals surface area contributed by atoms with Crippen molar-refractivity contribution in [2.24, 2.45) is 5.92 Å². The van der Waals surface area contributed by atoms with E-state index in [0.717, 1.165) is 25.7 Å². The smallest absolute Gasteiger partial charge is 0.323 e. The highest BCUT2D eigenvalue weighted by Crippen LogP contribution is 2.22. The molecule has 0 saturated carbocycles. The maximum Gasteiger partial charge on any atom is 0.323 e. The lowest BCUT2D eigenvalue weighted by Crippen LogP contribution is -2.45. The molecule has 0 spiro atoms. The molecule has 17 heavy (non-hydrogen) atoms. The molecule has 4 heteroatoms. The fourth-order valence-corrected chi connectivity index (χ4v) is 2.07. The number of hydrogen-bond donors (Lipinski definition) is 1. The Balaban J connectivity index is 2.70. The Labute approximate surface area is 102 Å². The first-order valence-corrected chi connectivity index (χ1v) is 6.23. The molecule has 2 unspecified atom stereocenters. The number of aliphatic carboxylic acids is 1. The molecule has 0 fully saturated rings. The molecule has 1 amide bonds. The van der Waals surface area contributed by atoms with Gasteiger partial charge in [-0.1, -0.05) is 19.1 Å². The van der Waals surface area contributed by atoms with E-state index in [-0.39, 0.29) is 24.4 Å². The number of rotatable bonds is 5. The molecule has 1 aliphatic carbocycles. The molecule has 0 aromatic carbocycles. The molecular formula is C13H21NO3. The molecule has 0 aliphatic heterocycles. The third-order valence-electron chi connectivity index (χ3n) is 3.33. The average molecular weight is 239 g/mol. The monoisotopic (exact) mass is 239 g/mol. The van der Waals surface area contributed by atoms with Crippen molar-refractivity contribution in [3.05, 3.63) is 12.2 Å². The summed E-state index contributed by atoms with van der Waals surface area (Å²) in [6, 6.07) is -0.00972. The van der Waals surface area contributed by atoms with E-state index in [0.29, 0.717) is 0 Å². The maximum atomic E-state index is 12.3. The van der Waals surface area contributed by atoms with Crippen LogP contribution in [0.25, 0.3) is 0 Å². The zero-order valence-electron chi connectivity index (χ0n) is 10.6. The molecule has 4 nitrogen and oxygen atoms in total. The topological polar surface area (TPSA) is 57.6 Å². The van der Waals surface area contributed by atoms with Crippen LogP contribution < -0.4 is 0 Å². The molecule has 0 bridgehead atoms. The van der Waals surface area contributed by atoms with E-state index in [1.165, 1.54) is 4.90 Å². The lowest BCUT2D eigenvalue weighted by Gasteiger charge is -2.31. The SMILES string of the molecule is CCC(C)N(CC(=O)O)C(=O)C1CC=CCC1. The molecule has 0 aromatic heterocycles. The van der Waals surface area contributed by atoms with Crippen LogP contribution in [0.5, 0.6) is 0 Å². The quantitative estimate of drug-likeness (QED) is 0.747. The predicted octanol–water partition coefficient (Wildman–Crippen LogP) is 2.05. The molecule has 0 radical (unpaired) electrons. The zero-order chi connectivity index (χ0) is 12.8. The van der Waals surface area contributed by atoms with Crippen molar-refractivity contribution in [2.75, 3.05) is 6.54 Å². The van der Waals surface area contributed by atoms with E-state index < -0.39 is 5.97 Å². The van der Waals surface area contributed by atoms with Crippen LogP contribution in [0, 0.1) is 5.92 Å². The van der Waals surface area contributed by atoms with Crippen LogP contribution in [0.4, 0.5) is 0 Å². The Morgan fingerprint density at radius 3 is 2.65 bits per heavy atom. The van der Waals surface area contributed by atoms with Crippen LogP contribution in [-0.4, -0.2) is 34.5 Å². The van der Waals surface area contributed by atoms with Crippen LogP contribution in [0.2, 0.25) is 0 Å². The highest BCUT2D eigenvalue weighted by atomic mass is 16.4. The van der Waals surface area contributed by atoms with Gasteiger partial charge in [0.25, 0.3) is 0 Å². The van der Waals surface area contributed by atoms with Crippen LogP contribution in [-0.2, 0) is 9.59 Å². The minimum Gasteiger partial charge on any atom is -0.480 e. The van der Waals surface area contributed by atoms with Crippen molar-refractivity contribution in [2.45, 2.75) is 45.6 Å². The maximum absolute atomic E-state index is 12.3.